The highest BCUT2D eigenvalue weighted by molar-refractivity contribution is 7.92. The van der Waals surface area contributed by atoms with E-state index in [0.717, 1.165) is 5.56 Å². The Labute approximate surface area is 169 Å². The average Bonchev–Trinajstić information content (AvgIpc) is 3.14. The molecular formula is C21H24FNO5S. The quantitative estimate of drug-likeness (QED) is 0.743. The number of benzene rings is 2. The van der Waals surface area contributed by atoms with Crippen LogP contribution in [0.5, 0.6) is 5.75 Å². The lowest BCUT2D eigenvalue weighted by molar-refractivity contribution is -0.129. The van der Waals surface area contributed by atoms with Crippen LogP contribution < -0.4 is 4.74 Å². The number of ether oxygens (including phenoxy) is 1. The Bertz CT molecular complexity index is 949. The number of hydrogen-bond acceptors (Lipinski definition) is 5. The number of amides is 1. The number of carbonyl (C=O) groups excluding carboxylic acids is 1. The highest BCUT2D eigenvalue weighted by atomic mass is 32.2. The minimum atomic E-state index is -4.35. The minimum absolute atomic E-state index is 0.0813. The molecule has 0 aromatic heterocycles. The molecule has 1 fully saturated rings. The number of methoxy groups -OCH3 is 1. The summed E-state index contributed by atoms with van der Waals surface area (Å²) in [5, 5.41) is 10.4. The van der Waals surface area contributed by atoms with Crippen LogP contribution in [0.15, 0.2) is 59.5 Å². The van der Waals surface area contributed by atoms with Gasteiger partial charge in [-0.25, -0.2) is 12.8 Å². The maximum absolute atomic E-state index is 14.8. The molecule has 0 bridgehead atoms. The first-order chi connectivity index (χ1) is 13.8. The normalized spacial score (nSPS) is 20.3. The SMILES string of the molecule is COc1ccc(C(C)N2CC(C(O)C(F)S(=O)(=O)c3ccccc3)CC2=O)cc1. The number of halogens is 1. The van der Waals surface area contributed by atoms with Gasteiger partial charge >= 0.3 is 0 Å². The van der Waals surface area contributed by atoms with Gasteiger partial charge in [0, 0.05) is 18.9 Å². The maximum atomic E-state index is 14.8. The highest BCUT2D eigenvalue weighted by Gasteiger charge is 2.44. The fraction of sp³-hybridized carbons (Fsp3) is 0.381. The topological polar surface area (TPSA) is 83.9 Å². The van der Waals surface area contributed by atoms with Crippen LogP contribution in [-0.2, 0) is 14.6 Å². The molecule has 6 nitrogen and oxygen atoms in total. The van der Waals surface area contributed by atoms with Crippen molar-refractivity contribution in [3.8, 4) is 5.75 Å². The molecule has 156 valence electrons. The molecule has 3 rings (SSSR count). The van der Waals surface area contributed by atoms with Gasteiger partial charge < -0.3 is 14.7 Å². The zero-order valence-electron chi connectivity index (χ0n) is 16.2. The maximum Gasteiger partial charge on any atom is 0.231 e. The van der Waals surface area contributed by atoms with Crippen LogP contribution in [0.2, 0.25) is 0 Å². The van der Waals surface area contributed by atoms with Crippen molar-refractivity contribution in [2.24, 2.45) is 5.92 Å². The molecule has 1 aliphatic heterocycles. The van der Waals surface area contributed by atoms with E-state index in [1.807, 2.05) is 19.1 Å². The zero-order chi connectivity index (χ0) is 21.2. The summed E-state index contributed by atoms with van der Waals surface area (Å²) in [6.45, 7) is 1.92. The molecule has 1 amide bonds. The monoisotopic (exact) mass is 421 g/mol. The average molecular weight is 421 g/mol. The van der Waals surface area contributed by atoms with Crippen molar-refractivity contribution in [1.82, 2.24) is 4.90 Å². The van der Waals surface area contributed by atoms with Gasteiger partial charge in [-0.2, -0.15) is 0 Å². The molecule has 0 saturated carbocycles. The fourth-order valence-electron chi connectivity index (χ4n) is 3.56. The van der Waals surface area contributed by atoms with E-state index in [1.165, 1.54) is 29.2 Å². The van der Waals surface area contributed by atoms with Gasteiger partial charge in [-0.3, -0.25) is 4.79 Å². The molecule has 0 spiro atoms. The van der Waals surface area contributed by atoms with Gasteiger partial charge in [-0.15, -0.1) is 0 Å². The van der Waals surface area contributed by atoms with Crippen molar-refractivity contribution in [3.05, 3.63) is 60.2 Å². The number of rotatable bonds is 7. The van der Waals surface area contributed by atoms with Crippen molar-refractivity contribution < 1.29 is 27.4 Å². The van der Waals surface area contributed by atoms with Crippen LogP contribution in [-0.4, -0.2) is 49.6 Å². The summed E-state index contributed by atoms with van der Waals surface area (Å²) in [5.74, 6) is -0.369. The number of aliphatic hydroxyl groups excluding tert-OH is 1. The van der Waals surface area contributed by atoms with Crippen molar-refractivity contribution >= 4 is 15.7 Å². The minimum Gasteiger partial charge on any atom is -0.497 e. The van der Waals surface area contributed by atoms with Gasteiger partial charge in [0.15, 0.2) is 0 Å². The molecule has 1 heterocycles. The lowest BCUT2D eigenvalue weighted by Gasteiger charge is -2.27. The standard InChI is InChI=1S/C21H24FNO5S/c1-14(15-8-10-17(28-2)11-9-15)23-13-16(12-19(23)24)20(25)21(22)29(26,27)18-6-4-3-5-7-18/h3-11,14,16,20-21,25H,12-13H2,1-2H3. The largest absolute Gasteiger partial charge is 0.497 e. The van der Waals surface area contributed by atoms with E-state index in [1.54, 1.807) is 25.3 Å². The molecule has 29 heavy (non-hydrogen) atoms. The summed E-state index contributed by atoms with van der Waals surface area (Å²) in [7, 11) is -2.79. The summed E-state index contributed by atoms with van der Waals surface area (Å²) >= 11 is 0. The Morgan fingerprint density at radius 3 is 2.34 bits per heavy atom. The molecule has 2 aromatic rings. The van der Waals surface area contributed by atoms with Crippen molar-refractivity contribution in [2.45, 2.75) is 35.9 Å². The van der Waals surface area contributed by atoms with Gasteiger partial charge in [-0.05, 0) is 36.8 Å². The van der Waals surface area contributed by atoms with E-state index < -0.39 is 27.4 Å². The summed E-state index contributed by atoms with van der Waals surface area (Å²) in [4.78, 5) is 13.8. The van der Waals surface area contributed by atoms with Crippen LogP contribution in [0.4, 0.5) is 4.39 Å². The van der Waals surface area contributed by atoms with Crippen molar-refractivity contribution in [1.29, 1.82) is 0 Å². The number of hydrogen-bond donors (Lipinski definition) is 1. The number of nitrogens with zero attached hydrogens (tertiary/aromatic N) is 1. The Morgan fingerprint density at radius 1 is 1.14 bits per heavy atom. The molecule has 1 N–H and O–H groups in total. The van der Waals surface area contributed by atoms with Crippen LogP contribution >= 0.6 is 0 Å². The van der Waals surface area contributed by atoms with Crippen LogP contribution in [0.25, 0.3) is 0 Å². The summed E-state index contributed by atoms with van der Waals surface area (Å²) in [6.07, 6.45) is -1.90. The summed E-state index contributed by atoms with van der Waals surface area (Å²) < 4.78 is 44.8. The third-order valence-electron chi connectivity index (χ3n) is 5.37. The van der Waals surface area contributed by atoms with Crippen molar-refractivity contribution in [2.75, 3.05) is 13.7 Å². The van der Waals surface area contributed by atoms with E-state index in [-0.39, 0.29) is 29.8 Å². The van der Waals surface area contributed by atoms with E-state index >= 15 is 0 Å². The van der Waals surface area contributed by atoms with Gasteiger partial charge in [0.25, 0.3) is 0 Å². The molecule has 1 aliphatic rings. The Morgan fingerprint density at radius 2 is 1.76 bits per heavy atom. The molecular weight excluding hydrogens is 397 g/mol. The zero-order valence-corrected chi connectivity index (χ0v) is 17.0. The third kappa shape index (κ3) is 4.28. The molecule has 4 atom stereocenters. The first kappa shape index (κ1) is 21.3. The lowest BCUT2D eigenvalue weighted by Crippen LogP contribution is -2.38. The molecule has 0 aliphatic carbocycles. The first-order valence-electron chi connectivity index (χ1n) is 9.30. The predicted octanol–water partition coefficient (Wildman–Crippen LogP) is 2.74. The number of likely N-dealkylation sites (tertiary alicyclic amines) is 1. The van der Waals surface area contributed by atoms with Crippen LogP contribution in [0, 0.1) is 5.92 Å². The van der Waals surface area contributed by atoms with Gasteiger partial charge in [0.2, 0.25) is 21.2 Å². The number of carbonyl (C=O) groups is 1. The molecule has 0 radical (unpaired) electrons. The number of aliphatic hydroxyl groups is 1. The predicted molar refractivity (Wildman–Crippen MR) is 106 cm³/mol. The smallest absolute Gasteiger partial charge is 0.231 e. The molecule has 4 unspecified atom stereocenters. The fourth-order valence-corrected chi connectivity index (χ4v) is 4.95. The van der Waals surface area contributed by atoms with E-state index in [0.29, 0.717) is 5.75 Å². The summed E-state index contributed by atoms with van der Waals surface area (Å²) in [6, 6.07) is 14.1. The van der Waals surface area contributed by atoms with Gasteiger partial charge in [0.1, 0.15) is 11.9 Å². The summed E-state index contributed by atoms with van der Waals surface area (Å²) in [5.41, 5.74) is -1.64. The third-order valence-corrected chi connectivity index (χ3v) is 7.17. The first-order valence-corrected chi connectivity index (χ1v) is 10.8. The van der Waals surface area contributed by atoms with Gasteiger partial charge in [-0.1, -0.05) is 30.3 Å². The highest BCUT2D eigenvalue weighted by Crippen LogP contribution is 2.33. The van der Waals surface area contributed by atoms with Crippen LogP contribution in [0.1, 0.15) is 24.9 Å². The van der Waals surface area contributed by atoms with E-state index in [4.69, 9.17) is 4.74 Å². The van der Waals surface area contributed by atoms with E-state index in [2.05, 4.69) is 0 Å². The van der Waals surface area contributed by atoms with Crippen molar-refractivity contribution in [3.63, 3.8) is 0 Å². The molecule has 2 aromatic carbocycles. The Balaban J connectivity index is 1.73. The Hall–Kier alpha value is -2.45. The number of alkyl halides is 1. The van der Waals surface area contributed by atoms with Crippen LogP contribution in [0.3, 0.4) is 0 Å². The second-order valence-electron chi connectivity index (χ2n) is 7.16. The second-order valence-corrected chi connectivity index (χ2v) is 9.17. The van der Waals surface area contributed by atoms with E-state index in [9.17, 15) is 22.7 Å². The molecule has 8 heteroatoms. The van der Waals surface area contributed by atoms with Gasteiger partial charge in [0.05, 0.1) is 18.0 Å². The Kier molecular flexibility index (Phi) is 6.24. The molecule has 1 saturated heterocycles. The second kappa shape index (κ2) is 8.51. The number of sulfone groups is 1. The lowest BCUT2D eigenvalue weighted by atomic mass is 10.0.